The van der Waals surface area contributed by atoms with Gasteiger partial charge in [0.25, 0.3) is 0 Å². The number of ether oxygens (including phenoxy) is 1. The molecule has 94 valence electrons. The second kappa shape index (κ2) is 4.25. The highest BCUT2D eigenvalue weighted by Gasteiger charge is 2.56. The Hall–Kier alpha value is -1.17. The van der Waals surface area contributed by atoms with Crippen molar-refractivity contribution in [2.45, 2.75) is 31.7 Å². The first-order valence-corrected chi connectivity index (χ1v) is 6.12. The van der Waals surface area contributed by atoms with Crippen LogP contribution in [0.4, 0.5) is 0 Å². The Labute approximate surface area is 105 Å². The van der Waals surface area contributed by atoms with Crippen LogP contribution in [-0.4, -0.2) is 41.5 Å². The van der Waals surface area contributed by atoms with Gasteiger partial charge in [0.1, 0.15) is 6.04 Å². The molecule has 2 aliphatic rings. The number of nitrogens with zero attached hydrogens (tertiary/aromatic N) is 1. The maximum Gasteiger partial charge on any atom is 0.328 e. The molecule has 1 aliphatic heterocycles. The molecule has 2 rings (SSSR count). The highest BCUT2D eigenvalue weighted by Crippen LogP contribution is 2.48. The highest BCUT2D eigenvalue weighted by molar-refractivity contribution is 7.80. The lowest BCUT2D eigenvalue weighted by Crippen LogP contribution is -2.47. The second-order valence-electron chi connectivity index (χ2n) is 4.63. The smallest absolute Gasteiger partial charge is 0.328 e. The van der Waals surface area contributed by atoms with Crippen molar-refractivity contribution < 1.29 is 14.3 Å². The molecule has 2 fully saturated rings. The van der Waals surface area contributed by atoms with E-state index < -0.39 is 11.5 Å². The van der Waals surface area contributed by atoms with Crippen LogP contribution in [0.2, 0.25) is 0 Å². The molecule has 1 heterocycles. The van der Waals surface area contributed by atoms with Crippen molar-refractivity contribution in [2.75, 3.05) is 13.7 Å². The van der Waals surface area contributed by atoms with Crippen LogP contribution in [0, 0.1) is 5.41 Å². The minimum absolute atomic E-state index is 0.0992. The van der Waals surface area contributed by atoms with Crippen molar-refractivity contribution in [1.82, 2.24) is 4.90 Å². The van der Waals surface area contributed by atoms with Gasteiger partial charge in [-0.3, -0.25) is 4.79 Å². The van der Waals surface area contributed by atoms with Gasteiger partial charge in [-0.05, 0) is 25.7 Å². The van der Waals surface area contributed by atoms with E-state index in [1.807, 2.05) is 0 Å². The van der Waals surface area contributed by atoms with Gasteiger partial charge in [0.2, 0.25) is 5.91 Å². The number of methoxy groups -OCH3 is 1. The minimum atomic E-state index is -0.675. The van der Waals surface area contributed by atoms with Gasteiger partial charge < -0.3 is 15.4 Å². The molecule has 1 aliphatic carbocycles. The molecular weight excluding hydrogens is 240 g/mol. The molecule has 6 heteroatoms. The Morgan fingerprint density at radius 2 is 2.12 bits per heavy atom. The fourth-order valence-electron chi connectivity index (χ4n) is 2.36. The molecular formula is C11H16N2O3S. The summed E-state index contributed by atoms with van der Waals surface area (Å²) < 4.78 is 4.71. The zero-order valence-corrected chi connectivity index (χ0v) is 10.6. The Morgan fingerprint density at radius 3 is 2.59 bits per heavy atom. The third-order valence-electron chi connectivity index (χ3n) is 3.62. The third-order valence-corrected chi connectivity index (χ3v) is 4.01. The van der Waals surface area contributed by atoms with E-state index in [4.69, 9.17) is 22.7 Å². The summed E-state index contributed by atoms with van der Waals surface area (Å²) in [5.41, 5.74) is 4.95. The summed E-state index contributed by atoms with van der Waals surface area (Å²) in [5, 5.41) is 0. The van der Waals surface area contributed by atoms with Crippen LogP contribution in [0.5, 0.6) is 0 Å². The summed E-state index contributed by atoms with van der Waals surface area (Å²) in [6.07, 6.45) is 2.88. The lowest BCUT2D eigenvalue weighted by Gasteiger charge is -2.26. The normalized spacial score (nSPS) is 25.5. The van der Waals surface area contributed by atoms with Crippen molar-refractivity contribution in [3.63, 3.8) is 0 Å². The van der Waals surface area contributed by atoms with Gasteiger partial charge in [0.15, 0.2) is 0 Å². The zero-order chi connectivity index (χ0) is 12.6. The van der Waals surface area contributed by atoms with Gasteiger partial charge in [0.05, 0.1) is 17.5 Å². The monoisotopic (exact) mass is 256 g/mol. The van der Waals surface area contributed by atoms with Crippen molar-refractivity contribution in [3.8, 4) is 0 Å². The highest BCUT2D eigenvalue weighted by atomic mass is 32.1. The van der Waals surface area contributed by atoms with E-state index in [0.29, 0.717) is 25.8 Å². The molecule has 2 N–H and O–H groups in total. The predicted molar refractivity (Wildman–Crippen MR) is 65.2 cm³/mol. The summed E-state index contributed by atoms with van der Waals surface area (Å²) in [4.78, 5) is 25.7. The van der Waals surface area contributed by atoms with Gasteiger partial charge >= 0.3 is 5.97 Å². The number of esters is 1. The van der Waals surface area contributed by atoms with E-state index in [9.17, 15) is 9.59 Å². The number of hydrogen-bond donors (Lipinski definition) is 1. The summed E-state index contributed by atoms with van der Waals surface area (Å²) in [7, 11) is 1.34. The van der Waals surface area contributed by atoms with Gasteiger partial charge in [-0.25, -0.2) is 4.79 Å². The van der Waals surface area contributed by atoms with Crippen LogP contribution in [0.25, 0.3) is 0 Å². The molecule has 17 heavy (non-hydrogen) atoms. The lowest BCUT2D eigenvalue weighted by molar-refractivity contribution is -0.152. The largest absolute Gasteiger partial charge is 0.467 e. The Balaban J connectivity index is 2.14. The first-order valence-electron chi connectivity index (χ1n) is 5.72. The van der Waals surface area contributed by atoms with E-state index in [1.165, 1.54) is 7.11 Å². The number of thiocarbonyl (C=S) groups is 1. The maximum absolute atomic E-state index is 12.4. The molecule has 1 amide bonds. The number of hydrogen-bond acceptors (Lipinski definition) is 4. The average Bonchev–Trinajstić information content (AvgIpc) is 2.99. The first kappa shape index (κ1) is 12.3. The fourth-order valence-corrected chi connectivity index (χ4v) is 2.65. The van der Waals surface area contributed by atoms with Crippen LogP contribution < -0.4 is 5.73 Å². The maximum atomic E-state index is 12.4. The topological polar surface area (TPSA) is 72.6 Å². The van der Waals surface area contributed by atoms with Crippen molar-refractivity contribution in [1.29, 1.82) is 0 Å². The molecule has 5 nitrogen and oxygen atoms in total. The molecule has 0 radical (unpaired) electrons. The van der Waals surface area contributed by atoms with Crippen molar-refractivity contribution in [2.24, 2.45) is 11.1 Å². The van der Waals surface area contributed by atoms with E-state index >= 15 is 0 Å². The van der Waals surface area contributed by atoms with Crippen molar-refractivity contribution in [3.05, 3.63) is 0 Å². The van der Waals surface area contributed by atoms with E-state index in [0.717, 1.165) is 6.42 Å². The molecule has 1 unspecified atom stereocenters. The summed E-state index contributed by atoms with van der Waals surface area (Å²) in [6.45, 7) is 0.586. The number of carbonyl (C=O) groups excluding carboxylic acids is 2. The van der Waals surface area contributed by atoms with Crippen LogP contribution >= 0.6 is 12.2 Å². The zero-order valence-electron chi connectivity index (χ0n) is 9.77. The van der Waals surface area contributed by atoms with Gasteiger partial charge in [0, 0.05) is 6.54 Å². The number of nitrogens with two attached hydrogens (primary N) is 1. The Kier molecular flexibility index (Phi) is 3.07. The predicted octanol–water partition coefficient (Wildman–Crippen LogP) is 0.217. The Morgan fingerprint density at radius 1 is 1.47 bits per heavy atom. The second-order valence-corrected chi connectivity index (χ2v) is 5.07. The third kappa shape index (κ3) is 1.90. The van der Waals surface area contributed by atoms with Crippen LogP contribution in [0.1, 0.15) is 25.7 Å². The van der Waals surface area contributed by atoms with Gasteiger partial charge in [-0.2, -0.15) is 0 Å². The van der Waals surface area contributed by atoms with Crippen LogP contribution in [-0.2, 0) is 14.3 Å². The first-order chi connectivity index (χ1) is 8.03. The van der Waals surface area contributed by atoms with Crippen LogP contribution in [0.15, 0.2) is 0 Å². The fraction of sp³-hybridized carbons (Fsp3) is 0.727. The summed E-state index contributed by atoms with van der Waals surface area (Å²) in [6, 6.07) is -0.459. The van der Waals surface area contributed by atoms with Gasteiger partial charge in [-0.1, -0.05) is 12.2 Å². The lowest BCUT2D eigenvalue weighted by atomic mass is 10.0. The number of likely N-dealkylation sites (tertiary alicyclic amines) is 1. The van der Waals surface area contributed by atoms with E-state index in [1.54, 1.807) is 4.90 Å². The molecule has 1 saturated carbocycles. The molecule has 0 spiro atoms. The molecule has 1 atom stereocenters. The summed E-state index contributed by atoms with van der Waals surface area (Å²) >= 11 is 4.95. The number of amides is 1. The quantitative estimate of drug-likeness (QED) is 0.577. The average molecular weight is 256 g/mol. The molecule has 0 aromatic carbocycles. The van der Waals surface area contributed by atoms with Gasteiger partial charge in [-0.15, -0.1) is 0 Å². The summed E-state index contributed by atoms with van der Waals surface area (Å²) in [5.74, 6) is -0.451. The van der Waals surface area contributed by atoms with E-state index in [-0.39, 0.29) is 16.9 Å². The number of carbonyl (C=O) groups is 2. The molecule has 0 aromatic rings. The SMILES string of the molecule is COC(=O)C1CCCN1C(=O)C1(C(N)=S)CC1. The molecule has 0 aromatic heterocycles. The Bertz CT molecular complexity index is 379. The molecule has 1 saturated heterocycles. The standard InChI is InChI=1S/C11H16N2O3S/c1-16-8(14)7-3-2-6-13(7)10(15)11(4-5-11)9(12)17/h7H,2-6H2,1H3,(H2,12,17). The number of rotatable bonds is 3. The van der Waals surface area contributed by atoms with E-state index in [2.05, 4.69) is 0 Å². The molecule has 0 bridgehead atoms. The van der Waals surface area contributed by atoms with Crippen LogP contribution in [0.3, 0.4) is 0 Å². The minimum Gasteiger partial charge on any atom is -0.467 e. The van der Waals surface area contributed by atoms with Crippen molar-refractivity contribution >= 4 is 29.1 Å².